The molecule has 0 aromatic heterocycles. The summed E-state index contributed by atoms with van der Waals surface area (Å²) in [6, 6.07) is 10.6. The fourth-order valence-electron chi connectivity index (χ4n) is 5.51. The topological polar surface area (TPSA) is 124 Å². The molecule has 0 aliphatic carbocycles. The van der Waals surface area contributed by atoms with Crippen molar-refractivity contribution in [3.63, 3.8) is 0 Å². The van der Waals surface area contributed by atoms with Gasteiger partial charge >= 0.3 is 6.36 Å². The summed E-state index contributed by atoms with van der Waals surface area (Å²) in [5.74, 6) is -0.730. The smallest absolute Gasteiger partial charge is 0.406 e. The fraction of sp³-hybridized carbons (Fsp3) is 0.433. The second-order valence-electron chi connectivity index (χ2n) is 11.4. The number of carbonyl (C=O) groups excluding carboxylic acids is 2. The SMILES string of the molecule is Cc1cc(NCC(=O)N2CCN(C)CC2)ccc1/C=C/S(=O)(=O)N1CCC2(CC1)N=C(c1cccc(OC(F)(F)F)c1)NC2=O. The van der Waals surface area contributed by atoms with E-state index in [1.54, 1.807) is 12.1 Å². The second-order valence-corrected chi connectivity index (χ2v) is 13.2. The van der Waals surface area contributed by atoms with Crippen molar-refractivity contribution in [2.45, 2.75) is 31.7 Å². The first kappa shape index (κ1) is 32.4. The van der Waals surface area contributed by atoms with Gasteiger partial charge in [-0.05, 0) is 68.3 Å². The van der Waals surface area contributed by atoms with Crippen LogP contribution in [0.2, 0.25) is 0 Å². The Morgan fingerprint density at radius 3 is 2.47 bits per heavy atom. The molecule has 0 saturated carbocycles. The van der Waals surface area contributed by atoms with Gasteiger partial charge in [0.15, 0.2) is 0 Å². The Hall–Kier alpha value is -3.95. The van der Waals surface area contributed by atoms with Crippen LogP contribution in [-0.2, 0) is 19.6 Å². The van der Waals surface area contributed by atoms with Gasteiger partial charge in [-0.3, -0.25) is 14.6 Å². The summed E-state index contributed by atoms with van der Waals surface area (Å²) in [7, 11) is -1.79. The highest BCUT2D eigenvalue weighted by Gasteiger charge is 2.47. The van der Waals surface area contributed by atoms with E-state index in [0.29, 0.717) is 18.7 Å². The zero-order chi connectivity index (χ0) is 32.4. The third-order valence-electron chi connectivity index (χ3n) is 8.22. The molecule has 0 atom stereocenters. The van der Waals surface area contributed by atoms with Crippen molar-refractivity contribution >= 4 is 39.4 Å². The number of carbonyl (C=O) groups is 2. The van der Waals surface area contributed by atoms with Crippen LogP contribution in [0.5, 0.6) is 5.75 Å². The number of aliphatic imine (C=N–C) groups is 1. The molecule has 242 valence electrons. The molecule has 11 nitrogen and oxygen atoms in total. The van der Waals surface area contributed by atoms with Crippen molar-refractivity contribution in [3.05, 3.63) is 64.6 Å². The van der Waals surface area contributed by atoms with Gasteiger partial charge in [-0.2, -0.15) is 4.31 Å². The van der Waals surface area contributed by atoms with Crippen LogP contribution in [0.15, 0.2) is 52.9 Å². The highest BCUT2D eigenvalue weighted by atomic mass is 32.2. The van der Waals surface area contributed by atoms with Crippen LogP contribution >= 0.6 is 0 Å². The number of benzene rings is 2. The molecule has 0 unspecified atom stereocenters. The Kier molecular flexibility index (Phi) is 9.23. The van der Waals surface area contributed by atoms with Gasteiger partial charge in [-0.25, -0.2) is 8.42 Å². The Morgan fingerprint density at radius 2 is 1.80 bits per heavy atom. The lowest BCUT2D eigenvalue weighted by molar-refractivity contribution is -0.274. The Balaban J connectivity index is 1.18. The molecule has 0 radical (unpaired) electrons. The number of hydrogen-bond acceptors (Lipinski definition) is 8. The van der Waals surface area contributed by atoms with Crippen molar-refractivity contribution in [1.82, 2.24) is 19.4 Å². The minimum Gasteiger partial charge on any atom is -0.406 e. The van der Waals surface area contributed by atoms with Gasteiger partial charge < -0.3 is 25.2 Å². The van der Waals surface area contributed by atoms with Crippen molar-refractivity contribution < 1.29 is 35.9 Å². The number of ether oxygens (including phenoxy) is 1. The number of rotatable bonds is 8. The normalized spacial score (nSPS) is 19.5. The molecule has 2 aromatic carbocycles. The third-order valence-corrected chi connectivity index (χ3v) is 9.78. The maximum absolute atomic E-state index is 13.1. The lowest BCUT2D eigenvalue weighted by Gasteiger charge is -2.34. The maximum Gasteiger partial charge on any atom is 0.573 e. The van der Waals surface area contributed by atoms with Crippen molar-refractivity contribution in [3.8, 4) is 5.75 Å². The number of hydrogen-bond donors (Lipinski definition) is 2. The average molecular weight is 649 g/mol. The van der Waals surface area contributed by atoms with E-state index < -0.39 is 33.6 Å². The molecule has 1 spiro atoms. The number of piperidine rings is 1. The number of nitrogens with one attached hydrogen (secondary N) is 2. The van der Waals surface area contributed by atoms with Gasteiger partial charge in [-0.15, -0.1) is 13.2 Å². The molecule has 2 saturated heterocycles. The van der Waals surface area contributed by atoms with Crippen LogP contribution < -0.4 is 15.4 Å². The summed E-state index contributed by atoms with van der Waals surface area (Å²) in [5.41, 5.74) is 1.31. The molecule has 3 aliphatic heterocycles. The van der Waals surface area contributed by atoms with Gasteiger partial charge in [0, 0.05) is 55.9 Å². The van der Waals surface area contributed by atoms with E-state index in [1.807, 2.05) is 24.9 Å². The molecule has 2 N–H and O–H groups in total. The summed E-state index contributed by atoms with van der Waals surface area (Å²) in [6.45, 7) is 5.20. The molecule has 5 rings (SSSR count). The van der Waals surface area contributed by atoms with Gasteiger partial charge in [0.1, 0.15) is 17.1 Å². The molecule has 2 fully saturated rings. The van der Waals surface area contributed by atoms with Crippen molar-refractivity contribution in [2.75, 3.05) is 58.2 Å². The Labute approximate surface area is 259 Å². The van der Waals surface area contributed by atoms with Crippen LogP contribution in [0.25, 0.3) is 6.08 Å². The number of anilines is 1. The zero-order valence-corrected chi connectivity index (χ0v) is 25.7. The molecule has 15 heteroatoms. The fourth-order valence-corrected chi connectivity index (χ4v) is 6.69. The quantitative estimate of drug-likeness (QED) is 0.452. The molecular weight excluding hydrogens is 613 g/mol. The Bertz CT molecular complexity index is 1610. The predicted octanol–water partition coefficient (Wildman–Crippen LogP) is 2.79. The third kappa shape index (κ3) is 7.83. The number of amidine groups is 1. The number of piperazine rings is 1. The van der Waals surface area contributed by atoms with E-state index in [2.05, 4.69) is 25.3 Å². The maximum atomic E-state index is 13.1. The van der Waals surface area contributed by atoms with E-state index in [9.17, 15) is 31.2 Å². The highest BCUT2D eigenvalue weighted by Crippen LogP contribution is 2.33. The number of aryl methyl sites for hydroxylation is 1. The molecular formula is C30H35F3N6O5S. The zero-order valence-electron chi connectivity index (χ0n) is 24.9. The molecule has 0 bridgehead atoms. The first-order valence-electron chi connectivity index (χ1n) is 14.5. The van der Waals surface area contributed by atoms with Crippen LogP contribution in [0.1, 0.15) is 29.5 Å². The van der Waals surface area contributed by atoms with E-state index in [0.717, 1.165) is 41.9 Å². The first-order chi connectivity index (χ1) is 21.2. The summed E-state index contributed by atoms with van der Waals surface area (Å²) in [5, 5.41) is 6.91. The standard InChI is InChI=1S/C30H35F3N6O5S/c1-21-18-24(34-20-26(40)38-15-13-37(2)14-16-38)7-6-22(21)8-17-45(42,43)39-11-9-29(10-12-39)28(41)35-27(36-29)23-4-3-5-25(19-23)44-30(31,32)33/h3-8,17-19,34H,9-16,20H2,1-2H3,(H,35,36,41)/b17-8+. The predicted molar refractivity (Wildman–Crippen MR) is 163 cm³/mol. The number of alkyl halides is 3. The lowest BCUT2D eigenvalue weighted by Crippen LogP contribution is -2.50. The number of amides is 2. The molecule has 45 heavy (non-hydrogen) atoms. The first-order valence-corrected chi connectivity index (χ1v) is 16.0. The van der Waals surface area contributed by atoms with Crippen LogP contribution in [-0.4, -0.2) is 105 Å². The van der Waals surface area contributed by atoms with Gasteiger partial charge in [0.05, 0.1) is 6.54 Å². The summed E-state index contributed by atoms with van der Waals surface area (Å²) in [4.78, 5) is 34.0. The molecule has 2 amide bonds. The summed E-state index contributed by atoms with van der Waals surface area (Å²) < 4.78 is 69.4. The van der Waals surface area contributed by atoms with E-state index in [4.69, 9.17) is 0 Å². The molecule has 2 aromatic rings. The van der Waals surface area contributed by atoms with Gasteiger partial charge in [0.2, 0.25) is 15.9 Å². The van der Waals surface area contributed by atoms with Crippen molar-refractivity contribution in [2.24, 2.45) is 4.99 Å². The molecule has 3 heterocycles. The monoisotopic (exact) mass is 648 g/mol. The largest absolute Gasteiger partial charge is 0.573 e. The van der Waals surface area contributed by atoms with E-state index in [1.165, 1.54) is 22.5 Å². The number of sulfonamides is 1. The second kappa shape index (κ2) is 12.8. The average Bonchev–Trinajstić information content (AvgIpc) is 3.30. The lowest BCUT2D eigenvalue weighted by atomic mass is 9.89. The van der Waals surface area contributed by atoms with Crippen molar-refractivity contribution in [1.29, 1.82) is 0 Å². The van der Waals surface area contributed by atoms with Crippen LogP contribution in [0.4, 0.5) is 18.9 Å². The van der Waals surface area contributed by atoms with Gasteiger partial charge in [0.25, 0.3) is 5.91 Å². The number of likely N-dealkylation sites (N-methyl/N-ethyl adjacent to an activating group) is 1. The van der Waals surface area contributed by atoms with E-state index in [-0.39, 0.29) is 49.8 Å². The minimum atomic E-state index is -4.86. The molecule has 3 aliphatic rings. The van der Waals surface area contributed by atoms with E-state index >= 15 is 0 Å². The minimum absolute atomic E-state index is 0.0286. The summed E-state index contributed by atoms with van der Waals surface area (Å²) in [6.07, 6.45) is -3.12. The number of nitrogens with zero attached hydrogens (tertiary/aromatic N) is 4. The number of halogens is 3. The highest BCUT2D eigenvalue weighted by molar-refractivity contribution is 7.92. The van der Waals surface area contributed by atoms with Crippen LogP contribution in [0, 0.1) is 6.92 Å². The van der Waals surface area contributed by atoms with Gasteiger partial charge in [-0.1, -0.05) is 18.2 Å². The van der Waals surface area contributed by atoms with Crippen LogP contribution in [0.3, 0.4) is 0 Å². The summed E-state index contributed by atoms with van der Waals surface area (Å²) >= 11 is 0. The Morgan fingerprint density at radius 1 is 1.09 bits per heavy atom.